The van der Waals surface area contributed by atoms with Crippen molar-refractivity contribution in [2.24, 2.45) is 5.92 Å². The van der Waals surface area contributed by atoms with Gasteiger partial charge in [0.1, 0.15) is 0 Å². The van der Waals surface area contributed by atoms with Gasteiger partial charge in [0, 0.05) is 13.6 Å². The molecule has 18 heavy (non-hydrogen) atoms. The zero-order chi connectivity index (χ0) is 12.4. The van der Waals surface area contributed by atoms with Crippen LogP contribution < -0.4 is 10.2 Å². The zero-order valence-electron chi connectivity index (χ0n) is 10.5. The summed E-state index contributed by atoms with van der Waals surface area (Å²) < 4.78 is 1.73. The molecule has 1 aliphatic rings. The minimum Gasteiger partial charge on any atom is -0.358 e. The average Bonchev–Trinajstić information content (AvgIpc) is 2.87. The summed E-state index contributed by atoms with van der Waals surface area (Å²) in [7, 11) is 2.06. The molecule has 0 bridgehead atoms. The Morgan fingerprint density at radius 1 is 1.50 bits per heavy atom. The van der Waals surface area contributed by atoms with Crippen molar-refractivity contribution in [3.8, 4) is 0 Å². The van der Waals surface area contributed by atoms with E-state index in [-0.39, 0.29) is 0 Å². The number of rotatable bonds is 3. The van der Waals surface area contributed by atoms with Crippen molar-refractivity contribution < 1.29 is 0 Å². The highest BCUT2D eigenvalue weighted by molar-refractivity contribution is 5.45. The van der Waals surface area contributed by atoms with Crippen LogP contribution in [0.1, 0.15) is 12.8 Å². The van der Waals surface area contributed by atoms with Gasteiger partial charge in [-0.2, -0.15) is 4.52 Å². The van der Waals surface area contributed by atoms with Crippen LogP contribution in [0.15, 0.2) is 12.4 Å². The van der Waals surface area contributed by atoms with Crippen LogP contribution in [-0.2, 0) is 0 Å². The molecule has 0 aromatic carbocycles. The molecule has 1 unspecified atom stereocenters. The Kier molecular flexibility index (Phi) is 3.06. The van der Waals surface area contributed by atoms with E-state index in [4.69, 9.17) is 0 Å². The van der Waals surface area contributed by atoms with Gasteiger partial charge in [-0.25, -0.2) is 0 Å². The highest BCUT2D eigenvalue weighted by atomic mass is 15.5. The Hall–Kier alpha value is -1.76. The van der Waals surface area contributed by atoms with Crippen LogP contribution in [-0.4, -0.2) is 51.7 Å². The maximum Gasteiger partial charge on any atom is 0.199 e. The minimum absolute atomic E-state index is 0.676. The fraction of sp³-hybridized carbons (Fsp3) is 0.636. The Bertz CT molecular complexity index is 517. The van der Waals surface area contributed by atoms with Gasteiger partial charge in [-0.05, 0) is 42.3 Å². The highest BCUT2D eigenvalue weighted by Gasteiger charge is 2.17. The monoisotopic (exact) mass is 247 g/mol. The van der Waals surface area contributed by atoms with E-state index < -0.39 is 0 Å². The summed E-state index contributed by atoms with van der Waals surface area (Å²) in [6, 6.07) is 0. The van der Waals surface area contributed by atoms with Gasteiger partial charge in [0.2, 0.25) is 0 Å². The van der Waals surface area contributed by atoms with E-state index in [1.807, 2.05) is 0 Å². The number of tetrazole rings is 1. The van der Waals surface area contributed by atoms with Crippen molar-refractivity contribution >= 4 is 11.5 Å². The van der Waals surface area contributed by atoms with Crippen LogP contribution in [0.2, 0.25) is 0 Å². The number of nitrogens with one attached hydrogen (secondary N) is 1. The molecule has 7 nitrogen and oxygen atoms in total. The maximum atomic E-state index is 4.18. The Morgan fingerprint density at radius 2 is 2.44 bits per heavy atom. The lowest BCUT2D eigenvalue weighted by atomic mass is 9.99. The SMILES string of the molecule is CN(CC1CCCNC1)c1cncc2nnnn12. The molecule has 3 heterocycles. The number of nitrogens with zero attached hydrogens (tertiary/aromatic N) is 6. The number of hydrogen-bond donors (Lipinski definition) is 1. The number of hydrogen-bond acceptors (Lipinski definition) is 6. The Morgan fingerprint density at radius 3 is 3.28 bits per heavy atom. The molecule has 3 rings (SSSR count). The van der Waals surface area contributed by atoms with E-state index in [1.54, 1.807) is 16.9 Å². The fourth-order valence-electron chi connectivity index (χ4n) is 2.48. The van der Waals surface area contributed by atoms with Crippen molar-refractivity contribution in [1.82, 2.24) is 30.3 Å². The van der Waals surface area contributed by atoms with Crippen LogP contribution in [0.4, 0.5) is 5.82 Å². The van der Waals surface area contributed by atoms with E-state index in [1.165, 1.54) is 12.8 Å². The van der Waals surface area contributed by atoms with Gasteiger partial charge in [0.25, 0.3) is 0 Å². The van der Waals surface area contributed by atoms with Crippen LogP contribution >= 0.6 is 0 Å². The van der Waals surface area contributed by atoms with E-state index >= 15 is 0 Å². The summed E-state index contributed by atoms with van der Waals surface area (Å²) in [5.74, 6) is 1.61. The van der Waals surface area contributed by atoms with Crippen LogP contribution in [0.5, 0.6) is 0 Å². The number of fused-ring (bicyclic) bond motifs is 1. The molecule has 2 aromatic rings. The molecule has 0 aliphatic carbocycles. The summed E-state index contributed by atoms with van der Waals surface area (Å²) >= 11 is 0. The molecule has 1 saturated heterocycles. The molecular weight excluding hydrogens is 230 g/mol. The molecule has 1 fully saturated rings. The largest absolute Gasteiger partial charge is 0.358 e. The summed E-state index contributed by atoms with van der Waals surface area (Å²) in [5, 5.41) is 15.0. The third kappa shape index (κ3) is 2.13. The van der Waals surface area contributed by atoms with E-state index in [9.17, 15) is 0 Å². The number of aromatic nitrogens is 5. The lowest BCUT2D eigenvalue weighted by Gasteiger charge is -2.28. The third-order valence-electron chi connectivity index (χ3n) is 3.41. The fourth-order valence-corrected chi connectivity index (χ4v) is 2.48. The molecule has 0 radical (unpaired) electrons. The lowest BCUT2D eigenvalue weighted by molar-refractivity contribution is 0.380. The van der Waals surface area contributed by atoms with Crippen molar-refractivity contribution in [3.05, 3.63) is 12.4 Å². The van der Waals surface area contributed by atoms with Crippen molar-refractivity contribution in [2.45, 2.75) is 12.8 Å². The first-order chi connectivity index (χ1) is 8.84. The van der Waals surface area contributed by atoms with Gasteiger partial charge in [0.15, 0.2) is 11.5 Å². The van der Waals surface area contributed by atoms with Gasteiger partial charge in [-0.1, -0.05) is 0 Å². The molecular formula is C11H17N7. The second-order valence-electron chi connectivity index (χ2n) is 4.81. The van der Waals surface area contributed by atoms with Crippen LogP contribution in [0.3, 0.4) is 0 Å². The standard InChI is InChI=1S/C11H17N7/c1-17(8-9-3-2-4-12-5-9)11-7-13-6-10-14-15-16-18(10)11/h6-7,9,12H,2-5,8H2,1H3. The Balaban J connectivity index is 1.78. The molecule has 7 heteroatoms. The first kappa shape index (κ1) is 11.3. The van der Waals surface area contributed by atoms with E-state index in [0.717, 1.165) is 25.5 Å². The topological polar surface area (TPSA) is 71.2 Å². The molecule has 0 saturated carbocycles. The van der Waals surface area contributed by atoms with Crippen LogP contribution in [0.25, 0.3) is 5.65 Å². The molecule has 1 aliphatic heterocycles. The molecule has 0 spiro atoms. The first-order valence-corrected chi connectivity index (χ1v) is 6.28. The van der Waals surface area contributed by atoms with E-state index in [2.05, 4.69) is 37.8 Å². The van der Waals surface area contributed by atoms with Gasteiger partial charge in [-0.3, -0.25) is 4.98 Å². The van der Waals surface area contributed by atoms with Gasteiger partial charge < -0.3 is 10.2 Å². The number of anilines is 1. The van der Waals surface area contributed by atoms with Crippen molar-refractivity contribution in [2.75, 3.05) is 31.6 Å². The minimum atomic E-state index is 0.676. The second kappa shape index (κ2) is 4.85. The Labute approximate surface area is 105 Å². The predicted octanol–water partition coefficient (Wildman–Crippen LogP) is -0.0449. The summed E-state index contributed by atoms with van der Waals surface area (Å²) in [5.41, 5.74) is 0.682. The molecule has 0 amide bonds. The average molecular weight is 247 g/mol. The third-order valence-corrected chi connectivity index (χ3v) is 3.41. The van der Waals surface area contributed by atoms with E-state index in [0.29, 0.717) is 11.6 Å². The normalized spacial score (nSPS) is 20.2. The smallest absolute Gasteiger partial charge is 0.199 e. The molecule has 96 valence electrons. The summed E-state index contributed by atoms with van der Waals surface area (Å²) in [4.78, 5) is 6.35. The molecule has 2 aromatic heterocycles. The lowest BCUT2D eigenvalue weighted by Crippen LogP contribution is -2.37. The molecule has 1 atom stereocenters. The van der Waals surface area contributed by atoms with Gasteiger partial charge in [0.05, 0.1) is 12.4 Å². The highest BCUT2D eigenvalue weighted by Crippen LogP contribution is 2.16. The predicted molar refractivity (Wildman–Crippen MR) is 67.4 cm³/mol. The maximum absolute atomic E-state index is 4.18. The van der Waals surface area contributed by atoms with Gasteiger partial charge in [-0.15, -0.1) is 5.10 Å². The second-order valence-corrected chi connectivity index (χ2v) is 4.81. The van der Waals surface area contributed by atoms with Crippen LogP contribution in [0, 0.1) is 5.92 Å². The summed E-state index contributed by atoms with van der Waals surface area (Å²) in [6.07, 6.45) is 6.00. The van der Waals surface area contributed by atoms with Crippen molar-refractivity contribution in [3.63, 3.8) is 0 Å². The quantitative estimate of drug-likeness (QED) is 0.820. The molecule has 1 N–H and O–H groups in total. The first-order valence-electron chi connectivity index (χ1n) is 6.28. The van der Waals surface area contributed by atoms with Gasteiger partial charge >= 0.3 is 0 Å². The number of piperidine rings is 1. The van der Waals surface area contributed by atoms with Crippen molar-refractivity contribution in [1.29, 1.82) is 0 Å². The zero-order valence-corrected chi connectivity index (χ0v) is 10.5. The summed E-state index contributed by atoms with van der Waals surface area (Å²) in [6.45, 7) is 3.22.